The minimum atomic E-state index is 0.321. The van der Waals surface area contributed by atoms with Crippen molar-refractivity contribution < 1.29 is 4.74 Å². The molecule has 0 spiro atoms. The quantitative estimate of drug-likeness (QED) is 0.445. The third-order valence-electron chi connectivity index (χ3n) is 2.29. The summed E-state index contributed by atoms with van der Waals surface area (Å²) in [6.07, 6.45) is 5.63. The molecule has 0 rings (SSSR count). The Kier molecular flexibility index (Phi) is 9.96. The molecule has 1 unspecified atom stereocenters. The van der Waals surface area contributed by atoms with E-state index in [9.17, 15) is 0 Å². The van der Waals surface area contributed by atoms with Gasteiger partial charge in [0.2, 0.25) is 0 Å². The molecule has 0 saturated carbocycles. The van der Waals surface area contributed by atoms with Gasteiger partial charge < -0.3 is 10.1 Å². The Morgan fingerprint density at radius 3 is 2.67 bits per heavy atom. The summed E-state index contributed by atoms with van der Waals surface area (Å²) in [7, 11) is 0. The Morgan fingerprint density at radius 2 is 2.07 bits per heavy atom. The summed E-state index contributed by atoms with van der Waals surface area (Å²) in [5, 5.41) is 3.41. The van der Waals surface area contributed by atoms with Gasteiger partial charge in [0.25, 0.3) is 0 Å². The topological polar surface area (TPSA) is 21.3 Å². The van der Waals surface area contributed by atoms with Crippen molar-refractivity contribution in [3.8, 4) is 0 Å². The van der Waals surface area contributed by atoms with Crippen molar-refractivity contribution in [2.75, 3.05) is 19.7 Å². The van der Waals surface area contributed by atoms with E-state index in [1.54, 1.807) is 0 Å². The highest BCUT2D eigenvalue weighted by Crippen LogP contribution is 1.98. The van der Waals surface area contributed by atoms with E-state index in [-0.39, 0.29) is 0 Å². The zero-order chi connectivity index (χ0) is 11.5. The van der Waals surface area contributed by atoms with E-state index in [0.717, 1.165) is 38.5 Å². The van der Waals surface area contributed by atoms with Crippen LogP contribution in [-0.2, 0) is 4.74 Å². The number of hydrogen-bond donors (Lipinski definition) is 1. The zero-order valence-corrected chi connectivity index (χ0v) is 10.6. The van der Waals surface area contributed by atoms with Crippen molar-refractivity contribution in [2.24, 2.45) is 5.92 Å². The molecular formula is C13H27NO. The van der Waals surface area contributed by atoms with Crippen LogP contribution >= 0.6 is 0 Å². The Hall–Kier alpha value is -0.340. The van der Waals surface area contributed by atoms with E-state index in [0.29, 0.717) is 6.10 Å². The van der Waals surface area contributed by atoms with Crippen LogP contribution in [0.1, 0.15) is 40.0 Å². The van der Waals surface area contributed by atoms with Gasteiger partial charge >= 0.3 is 0 Å². The van der Waals surface area contributed by atoms with Gasteiger partial charge in [0.1, 0.15) is 0 Å². The van der Waals surface area contributed by atoms with Crippen molar-refractivity contribution in [1.29, 1.82) is 0 Å². The van der Waals surface area contributed by atoms with Gasteiger partial charge in [-0.05, 0) is 38.6 Å². The van der Waals surface area contributed by atoms with E-state index < -0.39 is 0 Å². The molecule has 90 valence electrons. The van der Waals surface area contributed by atoms with Crippen molar-refractivity contribution in [2.45, 2.75) is 46.1 Å². The average molecular weight is 213 g/mol. The van der Waals surface area contributed by atoms with Crippen LogP contribution in [0.5, 0.6) is 0 Å². The molecule has 0 amide bonds. The second-order valence-electron chi connectivity index (χ2n) is 4.50. The standard InChI is InChI=1S/C13H27NO/c1-5-6-7-10-15-13(4)11-14-9-8-12(2)3/h5,12-14H,1,6-11H2,2-4H3. The molecule has 0 saturated heterocycles. The van der Waals surface area contributed by atoms with Gasteiger partial charge in [0.05, 0.1) is 6.10 Å². The average Bonchev–Trinajstić information content (AvgIpc) is 2.19. The van der Waals surface area contributed by atoms with Crippen LogP contribution in [0.25, 0.3) is 0 Å². The summed E-state index contributed by atoms with van der Waals surface area (Å²) in [4.78, 5) is 0. The maximum Gasteiger partial charge on any atom is 0.0671 e. The molecule has 0 aliphatic heterocycles. The third kappa shape index (κ3) is 11.6. The second kappa shape index (κ2) is 10.2. The normalized spacial score (nSPS) is 13.1. The predicted molar refractivity (Wildman–Crippen MR) is 67.2 cm³/mol. The Morgan fingerprint density at radius 1 is 1.33 bits per heavy atom. The minimum absolute atomic E-state index is 0.321. The first-order chi connectivity index (χ1) is 7.16. The molecule has 0 aliphatic carbocycles. The van der Waals surface area contributed by atoms with Gasteiger partial charge in [-0.25, -0.2) is 0 Å². The molecule has 0 aromatic heterocycles. The van der Waals surface area contributed by atoms with Gasteiger partial charge in [0.15, 0.2) is 0 Å². The fraction of sp³-hybridized carbons (Fsp3) is 0.846. The fourth-order valence-corrected chi connectivity index (χ4v) is 1.27. The Labute approximate surface area is 95.1 Å². The van der Waals surface area contributed by atoms with Gasteiger partial charge in [-0.1, -0.05) is 19.9 Å². The van der Waals surface area contributed by atoms with E-state index in [2.05, 4.69) is 32.7 Å². The van der Waals surface area contributed by atoms with Crippen LogP contribution in [0, 0.1) is 5.92 Å². The summed E-state index contributed by atoms with van der Waals surface area (Å²) in [5.41, 5.74) is 0. The van der Waals surface area contributed by atoms with Crippen molar-refractivity contribution >= 4 is 0 Å². The summed E-state index contributed by atoms with van der Waals surface area (Å²) >= 11 is 0. The van der Waals surface area contributed by atoms with Gasteiger partial charge in [-0.3, -0.25) is 0 Å². The number of ether oxygens (including phenoxy) is 1. The van der Waals surface area contributed by atoms with Crippen LogP contribution in [0.2, 0.25) is 0 Å². The smallest absolute Gasteiger partial charge is 0.0671 e. The highest BCUT2D eigenvalue weighted by molar-refractivity contribution is 4.65. The van der Waals surface area contributed by atoms with Crippen LogP contribution in [0.3, 0.4) is 0 Å². The zero-order valence-electron chi connectivity index (χ0n) is 10.6. The summed E-state index contributed by atoms with van der Waals surface area (Å²) in [6.45, 7) is 13.2. The van der Waals surface area contributed by atoms with E-state index >= 15 is 0 Å². The molecule has 0 heterocycles. The van der Waals surface area contributed by atoms with Gasteiger partial charge in [-0.15, -0.1) is 6.58 Å². The van der Waals surface area contributed by atoms with Gasteiger partial charge in [-0.2, -0.15) is 0 Å². The minimum Gasteiger partial charge on any atom is -0.377 e. The number of hydrogen-bond acceptors (Lipinski definition) is 2. The third-order valence-corrected chi connectivity index (χ3v) is 2.29. The lowest BCUT2D eigenvalue weighted by atomic mass is 10.1. The number of rotatable bonds is 10. The lowest BCUT2D eigenvalue weighted by Gasteiger charge is -2.14. The van der Waals surface area contributed by atoms with Crippen LogP contribution in [0.15, 0.2) is 12.7 Å². The molecule has 1 atom stereocenters. The lowest BCUT2D eigenvalue weighted by molar-refractivity contribution is 0.0646. The first kappa shape index (κ1) is 14.7. The van der Waals surface area contributed by atoms with Crippen LogP contribution in [-0.4, -0.2) is 25.8 Å². The molecular weight excluding hydrogens is 186 g/mol. The van der Waals surface area contributed by atoms with Crippen molar-refractivity contribution in [3.63, 3.8) is 0 Å². The summed E-state index contributed by atoms with van der Waals surface area (Å²) < 4.78 is 5.64. The van der Waals surface area contributed by atoms with Crippen LogP contribution in [0.4, 0.5) is 0 Å². The summed E-state index contributed by atoms with van der Waals surface area (Å²) in [6, 6.07) is 0. The highest BCUT2D eigenvalue weighted by atomic mass is 16.5. The second-order valence-corrected chi connectivity index (χ2v) is 4.50. The summed E-state index contributed by atoms with van der Waals surface area (Å²) in [5.74, 6) is 0.779. The van der Waals surface area contributed by atoms with Crippen molar-refractivity contribution in [3.05, 3.63) is 12.7 Å². The van der Waals surface area contributed by atoms with E-state index in [4.69, 9.17) is 4.74 Å². The van der Waals surface area contributed by atoms with Gasteiger partial charge in [0, 0.05) is 13.2 Å². The SMILES string of the molecule is C=CCCCOC(C)CNCCC(C)C. The molecule has 0 aliphatic rings. The number of unbranched alkanes of at least 4 members (excludes halogenated alkanes) is 1. The molecule has 15 heavy (non-hydrogen) atoms. The van der Waals surface area contributed by atoms with E-state index in [1.165, 1.54) is 6.42 Å². The van der Waals surface area contributed by atoms with Crippen molar-refractivity contribution in [1.82, 2.24) is 5.32 Å². The molecule has 2 nitrogen and oxygen atoms in total. The molecule has 0 aromatic carbocycles. The van der Waals surface area contributed by atoms with Crippen LogP contribution < -0.4 is 5.32 Å². The van der Waals surface area contributed by atoms with E-state index in [1.807, 2.05) is 6.08 Å². The molecule has 2 heteroatoms. The Balaban J connectivity index is 3.18. The number of nitrogens with one attached hydrogen (secondary N) is 1. The largest absolute Gasteiger partial charge is 0.377 e. The Bertz CT molecular complexity index is 145. The first-order valence-electron chi connectivity index (χ1n) is 6.10. The molecule has 0 aromatic rings. The first-order valence-corrected chi connectivity index (χ1v) is 6.10. The monoisotopic (exact) mass is 213 g/mol. The molecule has 0 radical (unpaired) electrons. The fourth-order valence-electron chi connectivity index (χ4n) is 1.27. The molecule has 1 N–H and O–H groups in total. The maximum atomic E-state index is 5.64. The highest BCUT2D eigenvalue weighted by Gasteiger charge is 2.01. The maximum absolute atomic E-state index is 5.64. The molecule has 0 bridgehead atoms. The molecule has 0 fully saturated rings. The number of allylic oxidation sites excluding steroid dienone is 1. The lowest BCUT2D eigenvalue weighted by Crippen LogP contribution is -2.28. The predicted octanol–water partition coefficient (Wildman–Crippen LogP) is 2.99.